The second kappa shape index (κ2) is 9.59. The van der Waals surface area contributed by atoms with Gasteiger partial charge in [-0.25, -0.2) is 0 Å². The van der Waals surface area contributed by atoms with Gasteiger partial charge in [-0.1, -0.05) is 6.58 Å². The summed E-state index contributed by atoms with van der Waals surface area (Å²) >= 11 is 0. The van der Waals surface area contributed by atoms with E-state index < -0.39 is 67.3 Å². The molecule has 2 aliphatic heterocycles. The van der Waals surface area contributed by atoms with Gasteiger partial charge in [0.25, 0.3) is 0 Å². The third kappa shape index (κ3) is 4.60. The van der Waals surface area contributed by atoms with Crippen LogP contribution in [0.3, 0.4) is 0 Å². The summed E-state index contributed by atoms with van der Waals surface area (Å²) in [5, 5.41) is 51.4. The van der Waals surface area contributed by atoms with E-state index in [1.54, 1.807) is 25.1 Å². The fraction of sp³-hybridized carbons (Fsp3) is 0.565. The van der Waals surface area contributed by atoms with Crippen molar-refractivity contribution >= 4 is 11.6 Å². The minimum absolute atomic E-state index is 0.202. The molecule has 1 saturated heterocycles. The number of aliphatic hydroxyl groups excluding tert-OH is 4. The lowest BCUT2D eigenvalue weighted by Gasteiger charge is -2.47. The molecule has 0 aromatic heterocycles. The van der Waals surface area contributed by atoms with Crippen LogP contribution in [0.2, 0.25) is 0 Å². The molecule has 33 heavy (non-hydrogen) atoms. The smallest absolute Gasteiger partial charge is 0.202 e. The van der Waals surface area contributed by atoms with Crippen molar-refractivity contribution in [2.75, 3.05) is 6.61 Å². The van der Waals surface area contributed by atoms with E-state index >= 15 is 0 Å². The van der Waals surface area contributed by atoms with Crippen molar-refractivity contribution in [1.29, 1.82) is 0 Å². The predicted octanol–water partition coefficient (Wildman–Crippen LogP) is -0.206. The molecule has 0 bridgehead atoms. The number of aliphatic hydroxyl groups is 5. The topological polar surface area (TPSA) is 163 Å². The number of carbonyl (C=O) groups is 2. The van der Waals surface area contributed by atoms with Crippen LogP contribution >= 0.6 is 0 Å². The third-order valence-electron chi connectivity index (χ3n) is 5.93. The van der Waals surface area contributed by atoms with Crippen LogP contribution in [0, 0.1) is 0 Å². The lowest BCUT2D eigenvalue weighted by atomic mass is 9.81. The molecular weight excluding hydrogens is 436 g/mol. The summed E-state index contributed by atoms with van der Waals surface area (Å²) in [5.41, 5.74) is -1.41. The Morgan fingerprint density at radius 3 is 2.48 bits per heavy atom. The number of hydrogen-bond acceptors (Lipinski definition) is 10. The summed E-state index contributed by atoms with van der Waals surface area (Å²) in [7, 11) is 0. The van der Waals surface area contributed by atoms with Crippen LogP contribution in [0.15, 0.2) is 30.4 Å². The Labute approximate surface area is 191 Å². The minimum Gasteiger partial charge on any atom is -0.483 e. The summed E-state index contributed by atoms with van der Waals surface area (Å²) in [5.74, 6) is -0.826. The van der Waals surface area contributed by atoms with E-state index in [4.69, 9.17) is 14.2 Å². The molecule has 1 aromatic carbocycles. The van der Waals surface area contributed by atoms with E-state index in [9.17, 15) is 35.1 Å². The number of Topliss-reactive ketones (excluding diaryl/α,β-unsaturated/α-hetero) is 2. The van der Waals surface area contributed by atoms with E-state index in [0.29, 0.717) is 22.4 Å². The zero-order valence-corrected chi connectivity index (χ0v) is 18.7. The number of rotatable bonds is 8. The molecule has 0 saturated carbocycles. The maximum absolute atomic E-state index is 12.9. The Balaban J connectivity index is 2.04. The van der Waals surface area contributed by atoms with Crippen molar-refractivity contribution in [2.24, 2.45) is 0 Å². The van der Waals surface area contributed by atoms with Gasteiger partial charge in [-0.15, -0.1) is 0 Å². The molecule has 5 N–H and O–H groups in total. The van der Waals surface area contributed by atoms with E-state index in [-0.39, 0.29) is 5.78 Å². The summed E-state index contributed by atoms with van der Waals surface area (Å²) in [6, 6.07) is 4.73. The molecule has 10 nitrogen and oxygen atoms in total. The van der Waals surface area contributed by atoms with Crippen LogP contribution in [0.5, 0.6) is 5.75 Å². The Morgan fingerprint density at radius 2 is 1.94 bits per heavy atom. The highest BCUT2D eigenvalue weighted by Crippen LogP contribution is 2.45. The minimum atomic E-state index is -2.76. The summed E-state index contributed by atoms with van der Waals surface area (Å²) in [4.78, 5) is 24.8. The quantitative estimate of drug-likeness (QED) is 0.256. The Kier molecular flexibility index (Phi) is 7.39. The number of ether oxygens (including phenoxy) is 3. The molecule has 182 valence electrons. The number of ketones is 2. The molecule has 3 rings (SSSR count). The van der Waals surface area contributed by atoms with Gasteiger partial charge in [0.1, 0.15) is 36.3 Å². The first-order valence-electron chi connectivity index (χ1n) is 10.6. The van der Waals surface area contributed by atoms with Gasteiger partial charge in [0, 0.05) is 17.5 Å². The van der Waals surface area contributed by atoms with Gasteiger partial charge in [-0.3, -0.25) is 9.59 Å². The van der Waals surface area contributed by atoms with Gasteiger partial charge in [0.15, 0.2) is 17.9 Å². The van der Waals surface area contributed by atoms with Gasteiger partial charge in [0.2, 0.25) is 5.60 Å². The van der Waals surface area contributed by atoms with Gasteiger partial charge >= 0.3 is 0 Å². The average Bonchev–Trinajstić information content (AvgIpc) is 3.11. The van der Waals surface area contributed by atoms with Crippen molar-refractivity contribution in [3.8, 4) is 5.75 Å². The highest BCUT2D eigenvalue weighted by molar-refractivity contribution is 5.94. The largest absolute Gasteiger partial charge is 0.483 e. The molecule has 2 heterocycles. The van der Waals surface area contributed by atoms with Crippen molar-refractivity contribution in [3.63, 3.8) is 0 Å². The third-order valence-corrected chi connectivity index (χ3v) is 5.93. The maximum atomic E-state index is 12.9. The standard InChI is InChI=1S/C23H30O10/c1-10(2)19-20(14-8-13(12(4)26)5-6-15(14)31-19)33-22-23(30,17(27)7-11(3)25)21(29)18(28)16(9-24)32-22/h5-6,8,11,16,18-22,24-25,28-30H,1,7,9H2,2-4H3/t11-,16-,18-,19-,20-,21+,22+,23-/m1/s1. The fourth-order valence-electron chi connectivity index (χ4n) is 4.06. The molecule has 0 spiro atoms. The van der Waals surface area contributed by atoms with Crippen molar-refractivity contribution < 1.29 is 49.3 Å². The van der Waals surface area contributed by atoms with Gasteiger partial charge < -0.3 is 39.7 Å². The maximum Gasteiger partial charge on any atom is 0.202 e. The second-order valence-electron chi connectivity index (χ2n) is 8.68. The van der Waals surface area contributed by atoms with Crippen LogP contribution in [-0.4, -0.2) is 86.1 Å². The Morgan fingerprint density at radius 1 is 1.27 bits per heavy atom. The molecule has 1 fully saturated rings. The van der Waals surface area contributed by atoms with Crippen LogP contribution in [-0.2, 0) is 14.3 Å². The normalized spacial score (nSPS) is 34.3. The van der Waals surface area contributed by atoms with Gasteiger partial charge in [-0.2, -0.15) is 0 Å². The van der Waals surface area contributed by atoms with Crippen molar-refractivity contribution in [3.05, 3.63) is 41.5 Å². The van der Waals surface area contributed by atoms with Crippen molar-refractivity contribution in [2.45, 2.75) is 75.7 Å². The van der Waals surface area contributed by atoms with Crippen molar-refractivity contribution in [1.82, 2.24) is 0 Å². The Bertz CT molecular complexity index is 928. The van der Waals surface area contributed by atoms with Crippen LogP contribution in [0.1, 0.15) is 49.2 Å². The highest BCUT2D eigenvalue weighted by atomic mass is 16.7. The molecule has 8 atom stereocenters. The summed E-state index contributed by atoms with van der Waals surface area (Å²) in [6.07, 6.45) is -10.6. The van der Waals surface area contributed by atoms with E-state index in [0.717, 1.165) is 0 Å². The molecule has 2 aliphatic rings. The zero-order valence-electron chi connectivity index (χ0n) is 18.7. The molecule has 0 aliphatic carbocycles. The first-order valence-corrected chi connectivity index (χ1v) is 10.6. The lowest BCUT2D eigenvalue weighted by Crippen LogP contribution is -2.70. The first-order chi connectivity index (χ1) is 15.4. The predicted molar refractivity (Wildman–Crippen MR) is 114 cm³/mol. The van der Waals surface area contributed by atoms with E-state index in [1.807, 2.05) is 0 Å². The molecule has 0 amide bonds. The van der Waals surface area contributed by atoms with E-state index in [1.165, 1.54) is 13.8 Å². The highest BCUT2D eigenvalue weighted by Gasteiger charge is 2.60. The SMILES string of the molecule is C=C(C)[C@H]1Oc2ccc(C(C)=O)cc2[C@H]1O[C@@H]1O[C@H](CO)[C@@H](O)[C@H](O)[C@]1(O)C(=O)C[C@@H](C)O. The molecular formula is C23H30O10. The molecule has 1 aromatic rings. The average molecular weight is 466 g/mol. The fourth-order valence-corrected chi connectivity index (χ4v) is 4.06. The molecule has 0 unspecified atom stereocenters. The van der Waals surface area contributed by atoms with Gasteiger partial charge in [0.05, 0.1) is 12.7 Å². The monoisotopic (exact) mass is 466 g/mol. The number of fused-ring (bicyclic) bond motifs is 1. The first kappa shape index (κ1) is 25.4. The summed E-state index contributed by atoms with van der Waals surface area (Å²) in [6.45, 7) is 7.55. The second-order valence-corrected chi connectivity index (χ2v) is 8.68. The van der Waals surface area contributed by atoms with Crippen LogP contribution < -0.4 is 4.74 Å². The molecule has 10 heteroatoms. The van der Waals surface area contributed by atoms with Crippen LogP contribution in [0.4, 0.5) is 0 Å². The summed E-state index contributed by atoms with van der Waals surface area (Å²) < 4.78 is 17.4. The van der Waals surface area contributed by atoms with Gasteiger partial charge in [-0.05, 0) is 44.5 Å². The number of benzene rings is 1. The number of hydrogen-bond donors (Lipinski definition) is 5. The lowest BCUT2D eigenvalue weighted by molar-refractivity contribution is -0.341. The zero-order chi connectivity index (χ0) is 24.7. The molecule has 0 radical (unpaired) electrons. The van der Waals surface area contributed by atoms with Crippen LogP contribution in [0.25, 0.3) is 0 Å². The number of carbonyl (C=O) groups excluding carboxylic acids is 2. The van der Waals surface area contributed by atoms with E-state index in [2.05, 4.69) is 6.58 Å². The Hall–Kier alpha value is -2.18.